The van der Waals surface area contributed by atoms with E-state index in [-0.39, 0.29) is 5.97 Å². The fourth-order valence-electron chi connectivity index (χ4n) is 1.96. The lowest BCUT2D eigenvalue weighted by molar-refractivity contribution is -0.143. The number of rotatable bonds is 7. The number of benzene rings is 1. The zero-order valence-corrected chi connectivity index (χ0v) is 11.6. The number of hydrogen-bond acceptors (Lipinski definition) is 3. The standard InChI is InChI=1S/C15H23NO2/c1-4-13-9-6-8-12(3)15(13)16-11-7-10-14(17)18-5-2/h6,8-9,16H,4-5,7,10-11H2,1-3H3. The van der Waals surface area contributed by atoms with E-state index in [4.69, 9.17) is 4.74 Å². The summed E-state index contributed by atoms with van der Waals surface area (Å²) in [5.41, 5.74) is 3.79. The number of ether oxygens (including phenoxy) is 1. The normalized spacial score (nSPS) is 10.2. The van der Waals surface area contributed by atoms with Gasteiger partial charge in [0.1, 0.15) is 0 Å². The average Bonchev–Trinajstić information content (AvgIpc) is 2.36. The third-order valence-electron chi connectivity index (χ3n) is 2.90. The highest BCUT2D eigenvalue weighted by molar-refractivity contribution is 5.69. The summed E-state index contributed by atoms with van der Waals surface area (Å²) in [6, 6.07) is 6.32. The van der Waals surface area contributed by atoms with E-state index < -0.39 is 0 Å². The summed E-state index contributed by atoms with van der Waals surface area (Å²) in [6.45, 7) is 7.35. The van der Waals surface area contributed by atoms with Crippen LogP contribution in [-0.2, 0) is 16.0 Å². The quantitative estimate of drug-likeness (QED) is 0.595. The Kier molecular flexibility index (Phi) is 6.26. The largest absolute Gasteiger partial charge is 0.466 e. The van der Waals surface area contributed by atoms with Crippen LogP contribution in [0.15, 0.2) is 18.2 Å². The number of anilines is 1. The SMILES string of the molecule is CCOC(=O)CCCNc1c(C)cccc1CC. The fourth-order valence-corrected chi connectivity index (χ4v) is 1.96. The summed E-state index contributed by atoms with van der Waals surface area (Å²) >= 11 is 0. The van der Waals surface area contributed by atoms with Crippen molar-refractivity contribution in [3.63, 3.8) is 0 Å². The van der Waals surface area contributed by atoms with Crippen molar-refractivity contribution < 1.29 is 9.53 Å². The van der Waals surface area contributed by atoms with Gasteiger partial charge in [-0.25, -0.2) is 0 Å². The molecule has 0 aliphatic carbocycles. The van der Waals surface area contributed by atoms with E-state index in [1.165, 1.54) is 16.8 Å². The van der Waals surface area contributed by atoms with Gasteiger partial charge in [0.2, 0.25) is 0 Å². The Hall–Kier alpha value is -1.51. The summed E-state index contributed by atoms with van der Waals surface area (Å²) < 4.78 is 4.90. The van der Waals surface area contributed by atoms with E-state index >= 15 is 0 Å². The van der Waals surface area contributed by atoms with Crippen molar-refractivity contribution in [2.75, 3.05) is 18.5 Å². The van der Waals surface area contributed by atoms with Crippen LogP contribution in [0.3, 0.4) is 0 Å². The Labute approximate surface area is 110 Å². The van der Waals surface area contributed by atoms with Crippen LogP contribution < -0.4 is 5.32 Å². The van der Waals surface area contributed by atoms with Crippen molar-refractivity contribution in [1.82, 2.24) is 0 Å². The number of carbonyl (C=O) groups excluding carboxylic acids is 1. The number of hydrogen-bond donors (Lipinski definition) is 1. The van der Waals surface area contributed by atoms with Gasteiger partial charge in [0.25, 0.3) is 0 Å². The Morgan fingerprint density at radius 2 is 2.11 bits per heavy atom. The second kappa shape index (κ2) is 7.75. The molecule has 0 unspecified atom stereocenters. The number of esters is 1. The van der Waals surface area contributed by atoms with Gasteiger partial charge in [-0.15, -0.1) is 0 Å². The number of para-hydroxylation sites is 1. The molecular formula is C15H23NO2. The van der Waals surface area contributed by atoms with E-state index in [1.807, 2.05) is 6.92 Å². The highest BCUT2D eigenvalue weighted by Gasteiger charge is 2.04. The van der Waals surface area contributed by atoms with Crippen molar-refractivity contribution >= 4 is 11.7 Å². The van der Waals surface area contributed by atoms with Gasteiger partial charge in [-0.3, -0.25) is 4.79 Å². The summed E-state index contributed by atoms with van der Waals surface area (Å²) in [5, 5.41) is 3.42. The molecule has 0 aliphatic heterocycles. The van der Waals surface area contributed by atoms with Gasteiger partial charge in [0.05, 0.1) is 6.61 Å². The highest BCUT2D eigenvalue weighted by atomic mass is 16.5. The molecule has 0 bridgehead atoms. The van der Waals surface area contributed by atoms with Crippen LogP contribution in [0.5, 0.6) is 0 Å². The molecule has 0 saturated carbocycles. The molecule has 0 amide bonds. The van der Waals surface area contributed by atoms with Gasteiger partial charge in [0.15, 0.2) is 0 Å². The summed E-state index contributed by atoms with van der Waals surface area (Å²) in [7, 11) is 0. The molecule has 0 aromatic heterocycles. The maximum Gasteiger partial charge on any atom is 0.305 e. The summed E-state index contributed by atoms with van der Waals surface area (Å²) in [4.78, 5) is 11.2. The van der Waals surface area contributed by atoms with Crippen LogP contribution >= 0.6 is 0 Å². The molecule has 1 aromatic rings. The van der Waals surface area contributed by atoms with Crippen LogP contribution in [-0.4, -0.2) is 19.1 Å². The van der Waals surface area contributed by atoms with Crippen LogP contribution in [0, 0.1) is 6.92 Å². The minimum atomic E-state index is -0.111. The molecule has 1 N–H and O–H groups in total. The minimum absolute atomic E-state index is 0.111. The first-order valence-electron chi connectivity index (χ1n) is 6.67. The molecule has 3 nitrogen and oxygen atoms in total. The molecule has 0 radical (unpaired) electrons. The first kappa shape index (κ1) is 14.6. The molecule has 0 aliphatic rings. The molecular weight excluding hydrogens is 226 g/mol. The van der Waals surface area contributed by atoms with E-state index in [9.17, 15) is 4.79 Å². The molecule has 0 spiro atoms. The molecule has 0 atom stereocenters. The van der Waals surface area contributed by atoms with Crippen molar-refractivity contribution in [3.05, 3.63) is 29.3 Å². The maximum absolute atomic E-state index is 11.2. The van der Waals surface area contributed by atoms with Crippen molar-refractivity contribution in [3.8, 4) is 0 Å². The smallest absolute Gasteiger partial charge is 0.305 e. The van der Waals surface area contributed by atoms with Crippen LogP contribution in [0.1, 0.15) is 37.8 Å². The average molecular weight is 249 g/mol. The zero-order valence-electron chi connectivity index (χ0n) is 11.6. The summed E-state index contributed by atoms with van der Waals surface area (Å²) in [6.07, 6.45) is 2.30. The lowest BCUT2D eigenvalue weighted by atomic mass is 10.1. The van der Waals surface area contributed by atoms with Gasteiger partial charge in [-0.2, -0.15) is 0 Å². The third-order valence-corrected chi connectivity index (χ3v) is 2.90. The van der Waals surface area contributed by atoms with Gasteiger partial charge in [-0.05, 0) is 37.8 Å². The maximum atomic E-state index is 11.2. The van der Waals surface area contributed by atoms with E-state index in [1.54, 1.807) is 0 Å². The first-order valence-corrected chi connectivity index (χ1v) is 6.67. The second-order valence-electron chi connectivity index (χ2n) is 4.30. The Bertz CT molecular complexity index is 388. The first-order chi connectivity index (χ1) is 8.69. The van der Waals surface area contributed by atoms with Crippen molar-refractivity contribution in [2.45, 2.75) is 40.0 Å². The van der Waals surface area contributed by atoms with Gasteiger partial charge in [-0.1, -0.05) is 25.1 Å². The van der Waals surface area contributed by atoms with E-state index in [2.05, 4.69) is 37.4 Å². The molecule has 18 heavy (non-hydrogen) atoms. The Morgan fingerprint density at radius 3 is 2.78 bits per heavy atom. The third kappa shape index (κ3) is 4.40. The van der Waals surface area contributed by atoms with Crippen LogP contribution in [0.4, 0.5) is 5.69 Å². The van der Waals surface area contributed by atoms with E-state index in [0.29, 0.717) is 13.0 Å². The molecule has 3 heteroatoms. The Balaban J connectivity index is 2.42. The van der Waals surface area contributed by atoms with Crippen molar-refractivity contribution in [2.24, 2.45) is 0 Å². The topological polar surface area (TPSA) is 38.3 Å². The second-order valence-corrected chi connectivity index (χ2v) is 4.30. The molecule has 0 heterocycles. The molecule has 0 saturated heterocycles. The number of aryl methyl sites for hydroxylation is 2. The minimum Gasteiger partial charge on any atom is -0.466 e. The van der Waals surface area contributed by atoms with Gasteiger partial charge >= 0.3 is 5.97 Å². The van der Waals surface area contributed by atoms with Crippen molar-refractivity contribution in [1.29, 1.82) is 0 Å². The van der Waals surface area contributed by atoms with Crippen LogP contribution in [0.25, 0.3) is 0 Å². The lowest BCUT2D eigenvalue weighted by Crippen LogP contribution is -2.09. The predicted molar refractivity (Wildman–Crippen MR) is 74.9 cm³/mol. The highest BCUT2D eigenvalue weighted by Crippen LogP contribution is 2.20. The number of nitrogens with one attached hydrogen (secondary N) is 1. The molecule has 0 fully saturated rings. The molecule has 100 valence electrons. The monoisotopic (exact) mass is 249 g/mol. The Morgan fingerprint density at radius 1 is 1.33 bits per heavy atom. The summed E-state index contributed by atoms with van der Waals surface area (Å²) in [5.74, 6) is -0.111. The molecule has 1 rings (SSSR count). The van der Waals surface area contributed by atoms with Gasteiger partial charge in [0, 0.05) is 18.7 Å². The fraction of sp³-hybridized carbons (Fsp3) is 0.533. The van der Waals surface area contributed by atoms with E-state index in [0.717, 1.165) is 19.4 Å². The molecule has 1 aromatic carbocycles. The predicted octanol–water partition coefficient (Wildman–Crippen LogP) is 3.31. The van der Waals surface area contributed by atoms with Crippen LogP contribution in [0.2, 0.25) is 0 Å². The van der Waals surface area contributed by atoms with Gasteiger partial charge < -0.3 is 10.1 Å². The zero-order chi connectivity index (χ0) is 13.4. The lowest BCUT2D eigenvalue weighted by Gasteiger charge is -2.13. The number of carbonyl (C=O) groups is 1.